The van der Waals surface area contributed by atoms with Crippen LogP contribution in [0.15, 0.2) is 24.3 Å². The predicted molar refractivity (Wildman–Crippen MR) is 98.8 cm³/mol. The molecule has 12 nitrogen and oxygen atoms in total. The van der Waals surface area contributed by atoms with E-state index < -0.39 is 67.9 Å². The Morgan fingerprint density at radius 2 is 1.65 bits per heavy atom. The third-order valence-corrected chi connectivity index (χ3v) is 5.08. The van der Waals surface area contributed by atoms with Crippen LogP contribution in [0.3, 0.4) is 0 Å². The Morgan fingerprint density at radius 3 is 2.35 bits per heavy atom. The lowest BCUT2D eigenvalue weighted by Gasteiger charge is -2.41. The number of carbonyl (C=O) groups is 1. The van der Waals surface area contributed by atoms with E-state index in [1.165, 1.54) is 19.2 Å². The van der Waals surface area contributed by atoms with E-state index in [2.05, 4.69) is 4.74 Å². The average Bonchev–Trinajstić information content (AvgIpc) is 2.78. The minimum atomic E-state index is -1.68. The molecule has 9 atom stereocenters. The number of carbonyl (C=O) groups excluding carboxylic acids is 1. The van der Waals surface area contributed by atoms with Gasteiger partial charge in [0.15, 0.2) is 6.29 Å². The first-order chi connectivity index (χ1) is 14.7. The number of esters is 1. The molecule has 0 amide bonds. The van der Waals surface area contributed by atoms with Gasteiger partial charge in [-0.15, -0.1) is 0 Å². The number of hydrogen-bond donors (Lipinski definition) is 6. The fourth-order valence-electron chi connectivity index (χ4n) is 3.24. The van der Waals surface area contributed by atoms with E-state index in [1.807, 2.05) is 0 Å². The Hall–Kier alpha value is -1.87. The van der Waals surface area contributed by atoms with Gasteiger partial charge in [-0.2, -0.15) is 0 Å². The highest BCUT2D eigenvalue weighted by Crippen LogP contribution is 2.28. The fraction of sp³-hybridized carbons (Fsp3) is 0.632. The first-order valence-corrected chi connectivity index (χ1v) is 9.55. The topological polar surface area (TPSA) is 185 Å². The van der Waals surface area contributed by atoms with Crippen molar-refractivity contribution in [2.45, 2.75) is 55.3 Å². The first kappa shape index (κ1) is 23.8. The molecule has 0 aromatic heterocycles. The van der Waals surface area contributed by atoms with Crippen molar-refractivity contribution in [2.75, 3.05) is 20.3 Å². The van der Waals surface area contributed by atoms with Gasteiger partial charge in [-0.3, -0.25) is 0 Å². The summed E-state index contributed by atoms with van der Waals surface area (Å²) >= 11 is 0. The van der Waals surface area contributed by atoms with Crippen LogP contribution in [0.4, 0.5) is 0 Å². The molecule has 2 saturated heterocycles. The van der Waals surface area contributed by atoms with Crippen LogP contribution in [-0.4, -0.2) is 112 Å². The molecule has 0 bridgehead atoms. The lowest BCUT2D eigenvalue weighted by molar-refractivity contribution is -0.307. The van der Waals surface area contributed by atoms with Gasteiger partial charge in [-0.1, -0.05) is 12.1 Å². The molecule has 2 aliphatic rings. The Labute approximate surface area is 177 Å². The fourth-order valence-corrected chi connectivity index (χ4v) is 3.24. The number of aliphatic hydroxyl groups is 6. The van der Waals surface area contributed by atoms with Crippen LogP contribution in [-0.2, 0) is 18.9 Å². The standard InChI is InChI=1S/C19H26O12/c1-27-17(26)8-4-2-3-5-10(8)30-19-16(25)14(23)13(22)11(31-19)7-29-18-15(24)12(21)9(20)6-28-18/h2-5,9,11-16,18-25H,6-7H2,1H3/t9-,11+,12-,13+,14-,15+,16+,18+,19+/m1/s1. The summed E-state index contributed by atoms with van der Waals surface area (Å²) in [5, 5.41) is 59.8. The maximum absolute atomic E-state index is 11.9. The Morgan fingerprint density at radius 1 is 0.968 bits per heavy atom. The summed E-state index contributed by atoms with van der Waals surface area (Å²) in [6, 6.07) is 6.02. The molecule has 2 heterocycles. The van der Waals surface area contributed by atoms with Crippen LogP contribution in [0.25, 0.3) is 0 Å². The van der Waals surface area contributed by atoms with Crippen LogP contribution in [0.5, 0.6) is 5.75 Å². The first-order valence-electron chi connectivity index (χ1n) is 9.55. The minimum Gasteiger partial charge on any atom is -0.465 e. The van der Waals surface area contributed by atoms with E-state index in [0.717, 1.165) is 0 Å². The second kappa shape index (κ2) is 10.2. The molecule has 31 heavy (non-hydrogen) atoms. The van der Waals surface area contributed by atoms with Crippen molar-refractivity contribution in [3.05, 3.63) is 29.8 Å². The second-order valence-electron chi connectivity index (χ2n) is 7.20. The summed E-state index contributed by atoms with van der Waals surface area (Å²) in [5.41, 5.74) is 0.0560. The van der Waals surface area contributed by atoms with Gasteiger partial charge < -0.3 is 54.3 Å². The lowest BCUT2D eigenvalue weighted by atomic mass is 9.99. The zero-order valence-corrected chi connectivity index (χ0v) is 16.6. The summed E-state index contributed by atoms with van der Waals surface area (Å²) in [6.45, 7) is -0.706. The molecule has 6 N–H and O–H groups in total. The number of para-hydroxylation sites is 1. The smallest absolute Gasteiger partial charge is 0.341 e. The molecular formula is C19H26O12. The van der Waals surface area contributed by atoms with E-state index >= 15 is 0 Å². The summed E-state index contributed by atoms with van der Waals surface area (Å²) in [4.78, 5) is 11.9. The number of ether oxygens (including phenoxy) is 5. The normalized spacial score (nSPS) is 38.5. The monoisotopic (exact) mass is 446 g/mol. The minimum absolute atomic E-state index is 0.0183. The lowest BCUT2D eigenvalue weighted by Crippen LogP contribution is -2.61. The van der Waals surface area contributed by atoms with Crippen LogP contribution in [0.2, 0.25) is 0 Å². The number of aliphatic hydroxyl groups excluding tert-OH is 6. The molecule has 0 aliphatic carbocycles. The molecule has 174 valence electrons. The highest BCUT2D eigenvalue weighted by molar-refractivity contribution is 5.92. The van der Waals surface area contributed by atoms with Crippen molar-refractivity contribution < 1.29 is 59.1 Å². The molecule has 1 aromatic rings. The second-order valence-corrected chi connectivity index (χ2v) is 7.20. The Kier molecular flexibility index (Phi) is 7.80. The molecule has 1 aromatic carbocycles. The third kappa shape index (κ3) is 5.14. The van der Waals surface area contributed by atoms with Gasteiger partial charge in [0.1, 0.15) is 54.0 Å². The maximum Gasteiger partial charge on any atom is 0.341 e. The van der Waals surface area contributed by atoms with Crippen molar-refractivity contribution in [3.63, 3.8) is 0 Å². The highest BCUT2D eigenvalue weighted by Gasteiger charge is 2.46. The summed E-state index contributed by atoms with van der Waals surface area (Å²) in [5.74, 6) is -0.671. The van der Waals surface area contributed by atoms with Crippen molar-refractivity contribution in [3.8, 4) is 5.75 Å². The Balaban J connectivity index is 1.68. The highest BCUT2D eigenvalue weighted by atomic mass is 16.7. The summed E-state index contributed by atoms with van der Waals surface area (Å²) in [7, 11) is 1.19. The molecule has 0 spiro atoms. The van der Waals surface area contributed by atoms with Crippen molar-refractivity contribution in [1.29, 1.82) is 0 Å². The number of benzene rings is 1. The summed E-state index contributed by atoms with van der Waals surface area (Å²) < 4.78 is 26.2. The third-order valence-electron chi connectivity index (χ3n) is 5.08. The summed E-state index contributed by atoms with van der Waals surface area (Å²) in [6.07, 6.45) is -13.3. The maximum atomic E-state index is 11.9. The number of hydrogen-bond acceptors (Lipinski definition) is 12. The van der Waals surface area contributed by atoms with E-state index in [9.17, 15) is 35.4 Å². The van der Waals surface area contributed by atoms with Gasteiger partial charge in [-0.05, 0) is 12.1 Å². The molecule has 3 rings (SSSR count). The van der Waals surface area contributed by atoms with Gasteiger partial charge in [-0.25, -0.2) is 4.79 Å². The van der Waals surface area contributed by atoms with Gasteiger partial charge in [0, 0.05) is 0 Å². The van der Waals surface area contributed by atoms with Crippen LogP contribution >= 0.6 is 0 Å². The Bertz CT molecular complexity index is 744. The van der Waals surface area contributed by atoms with E-state index in [0.29, 0.717) is 0 Å². The van der Waals surface area contributed by atoms with Crippen molar-refractivity contribution >= 4 is 5.97 Å². The number of rotatable bonds is 6. The quantitative estimate of drug-likeness (QED) is 0.246. The van der Waals surface area contributed by atoms with Crippen LogP contribution in [0, 0.1) is 0 Å². The van der Waals surface area contributed by atoms with E-state index in [4.69, 9.17) is 18.9 Å². The molecule has 2 fully saturated rings. The molecule has 0 radical (unpaired) electrons. The van der Waals surface area contributed by atoms with Crippen LogP contribution < -0.4 is 4.74 Å². The molecule has 0 saturated carbocycles. The van der Waals surface area contributed by atoms with E-state index in [-0.39, 0.29) is 17.9 Å². The van der Waals surface area contributed by atoms with E-state index in [1.54, 1.807) is 12.1 Å². The molecule has 12 heteroatoms. The van der Waals surface area contributed by atoms with Gasteiger partial charge >= 0.3 is 5.97 Å². The predicted octanol–water partition coefficient (Wildman–Crippen LogP) is -2.88. The van der Waals surface area contributed by atoms with Crippen molar-refractivity contribution in [1.82, 2.24) is 0 Å². The largest absolute Gasteiger partial charge is 0.465 e. The average molecular weight is 446 g/mol. The molecular weight excluding hydrogens is 420 g/mol. The van der Waals surface area contributed by atoms with Gasteiger partial charge in [0.2, 0.25) is 6.29 Å². The number of methoxy groups -OCH3 is 1. The van der Waals surface area contributed by atoms with Gasteiger partial charge in [0.25, 0.3) is 0 Å². The van der Waals surface area contributed by atoms with Crippen LogP contribution in [0.1, 0.15) is 10.4 Å². The van der Waals surface area contributed by atoms with Crippen molar-refractivity contribution in [2.24, 2.45) is 0 Å². The van der Waals surface area contributed by atoms with Gasteiger partial charge in [0.05, 0.1) is 20.3 Å². The molecule has 2 aliphatic heterocycles. The zero-order valence-electron chi connectivity index (χ0n) is 16.6. The molecule has 0 unspecified atom stereocenters. The zero-order chi connectivity index (χ0) is 22.7. The SMILES string of the molecule is COC(=O)c1ccccc1O[C@H]1O[C@@H](CO[C@@H]2OC[C@@H](O)[C@@H](O)[C@@H]2O)[C@H](O)[C@@H](O)[C@@H]1O.